The summed E-state index contributed by atoms with van der Waals surface area (Å²) in [6, 6.07) is 3.83. The number of benzene rings is 1. The lowest BCUT2D eigenvalue weighted by atomic mass is 9.86. The number of carbonyl (C=O) groups is 1. The summed E-state index contributed by atoms with van der Waals surface area (Å²) in [4.78, 5) is 16.0. The van der Waals surface area contributed by atoms with E-state index in [1.54, 1.807) is 0 Å². The molecule has 104 valence electrons. The van der Waals surface area contributed by atoms with Crippen LogP contribution in [0.4, 0.5) is 8.78 Å². The number of hydrogen-bond donors (Lipinski definition) is 1. The van der Waals surface area contributed by atoms with Gasteiger partial charge in [0.1, 0.15) is 4.88 Å². The largest absolute Gasteiger partial charge is 0.365 e. The zero-order valence-corrected chi connectivity index (χ0v) is 11.3. The van der Waals surface area contributed by atoms with Gasteiger partial charge in [-0.2, -0.15) is 0 Å². The van der Waals surface area contributed by atoms with Gasteiger partial charge in [-0.25, -0.2) is 13.8 Å². The molecule has 1 aliphatic carbocycles. The first-order valence-electron chi connectivity index (χ1n) is 6.33. The molecule has 2 aromatic rings. The van der Waals surface area contributed by atoms with Crippen LogP contribution in [0.3, 0.4) is 0 Å². The second-order valence-corrected chi connectivity index (χ2v) is 5.85. The molecule has 0 atom stereocenters. The van der Waals surface area contributed by atoms with Gasteiger partial charge in [0.05, 0.1) is 10.7 Å². The van der Waals surface area contributed by atoms with E-state index < -0.39 is 17.5 Å². The Morgan fingerprint density at radius 2 is 2.10 bits per heavy atom. The molecule has 0 bridgehead atoms. The molecule has 0 unspecified atom stereocenters. The Morgan fingerprint density at radius 3 is 2.70 bits per heavy atom. The van der Waals surface area contributed by atoms with Gasteiger partial charge in [0.15, 0.2) is 11.6 Å². The maximum absolute atomic E-state index is 13.9. The Morgan fingerprint density at radius 1 is 1.35 bits per heavy atom. The number of nitrogens with zero attached hydrogens (tertiary/aromatic N) is 1. The zero-order valence-electron chi connectivity index (χ0n) is 10.5. The van der Waals surface area contributed by atoms with Crippen molar-refractivity contribution in [3.8, 4) is 11.3 Å². The van der Waals surface area contributed by atoms with E-state index in [1.807, 2.05) is 0 Å². The summed E-state index contributed by atoms with van der Waals surface area (Å²) >= 11 is 1.19. The first-order chi connectivity index (χ1) is 9.58. The molecule has 1 heterocycles. The third kappa shape index (κ3) is 2.10. The van der Waals surface area contributed by atoms with Crippen LogP contribution in [-0.4, -0.2) is 10.9 Å². The van der Waals surface area contributed by atoms with Gasteiger partial charge in [0, 0.05) is 11.5 Å². The fourth-order valence-corrected chi connectivity index (χ4v) is 3.30. The molecule has 6 heteroatoms. The van der Waals surface area contributed by atoms with Crippen LogP contribution in [-0.2, 0) is 0 Å². The molecule has 1 aromatic heterocycles. The first-order valence-corrected chi connectivity index (χ1v) is 7.14. The number of carbonyl (C=O) groups excluding carboxylic acids is 1. The van der Waals surface area contributed by atoms with Crippen molar-refractivity contribution in [2.24, 2.45) is 5.73 Å². The molecular formula is C14H12F2N2OS. The third-order valence-corrected chi connectivity index (χ3v) is 4.76. The van der Waals surface area contributed by atoms with Gasteiger partial charge in [-0.1, -0.05) is 12.5 Å². The van der Waals surface area contributed by atoms with E-state index in [4.69, 9.17) is 5.73 Å². The van der Waals surface area contributed by atoms with Crippen LogP contribution >= 0.6 is 11.3 Å². The van der Waals surface area contributed by atoms with Crippen LogP contribution in [0.25, 0.3) is 11.3 Å². The van der Waals surface area contributed by atoms with Crippen molar-refractivity contribution in [3.63, 3.8) is 0 Å². The van der Waals surface area contributed by atoms with Crippen LogP contribution < -0.4 is 5.73 Å². The van der Waals surface area contributed by atoms with Crippen molar-refractivity contribution in [2.75, 3.05) is 0 Å². The van der Waals surface area contributed by atoms with Crippen molar-refractivity contribution in [3.05, 3.63) is 39.7 Å². The predicted octanol–water partition coefficient (Wildman–Crippen LogP) is 3.45. The molecule has 3 rings (SSSR count). The fourth-order valence-electron chi connectivity index (χ4n) is 2.20. The molecule has 3 nitrogen and oxygen atoms in total. The Hall–Kier alpha value is -1.82. The number of aromatic nitrogens is 1. The lowest BCUT2D eigenvalue weighted by Gasteiger charge is -2.22. The van der Waals surface area contributed by atoms with Crippen molar-refractivity contribution in [1.29, 1.82) is 0 Å². The van der Waals surface area contributed by atoms with E-state index in [1.165, 1.54) is 23.5 Å². The number of rotatable bonds is 3. The average Bonchev–Trinajstić information content (AvgIpc) is 2.75. The SMILES string of the molecule is NC(=O)c1sc(C2CCC2)nc1-c1cccc(F)c1F. The van der Waals surface area contributed by atoms with Crippen LogP contribution in [0, 0.1) is 11.6 Å². The van der Waals surface area contributed by atoms with Crippen molar-refractivity contribution < 1.29 is 13.6 Å². The number of hydrogen-bond acceptors (Lipinski definition) is 3. The first kappa shape index (κ1) is 13.2. The van der Waals surface area contributed by atoms with Crippen molar-refractivity contribution in [1.82, 2.24) is 4.98 Å². The van der Waals surface area contributed by atoms with E-state index >= 15 is 0 Å². The van der Waals surface area contributed by atoms with E-state index in [0.717, 1.165) is 30.3 Å². The molecule has 2 N–H and O–H groups in total. The van der Waals surface area contributed by atoms with Gasteiger partial charge < -0.3 is 5.73 Å². The summed E-state index contributed by atoms with van der Waals surface area (Å²) in [6.45, 7) is 0. The lowest BCUT2D eigenvalue weighted by molar-refractivity contribution is 0.100. The number of amides is 1. The maximum atomic E-state index is 13.9. The molecule has 0 radical (unpaired) electrons. The second-order valence-electron chi connectivity index (χ2n) is 4.82. The Bertz CT molecular complexity index is 680. The molecule has 0 spiro atoms. The van der Waals surface area contributed by atoms with Gasteiger partial charge in [-0.3, -0.25) is 4.79 Å². The van der Waals surface area contributed by atoms with Gasteiger partial charge in [-0.15, -0.1) is 11.3 Å². The number of primary amides is 1. The molecule has 1 aromatic carbocycles. The zero-order chi connectivity index (χ0) is 14.3. The highest BCUT2D eigenvalue weighted by atomic mass is 32.1. The molecule has 0 aliphatic heterocycles. The minimum Gasteiger partial charge on any atom is -0.365 e. The third-order valence-electron chi connectivity index (χ3n) is 3.53. The fraction of sp³-hybridized carbons (Fsp3) is 0.286. The van der Waals surface area contributed by atoms with Crippen molar-refractivity contribution >= 4 is 17.2 Å². The highest BCUT2D eigenvalue weighted by molar-refractivity contribution is 7.14. The summed E-state index contributed by atoms with van der Waals surface area (Å²) in [5, 5.41) is 0.781. The lowest BCUT2D eigenvalue weighted by Crippen LogP contribution is -2.10. The van der Waals surface area contributed by atoms with E-state index in [9.17, 15) is 13.6 Å². The number of halogens is 2. The van der Waals surface area contributed by atoms with Crippen LogP contribution in [0.5, 0.6) is 0 Å². The second kappa shape index (κ2) is 4.94. The Kier molecular flexibility index (Phi) is 3.25. The molecular weight excluding hydrogens is 282 g/mol. The highest BCUT2D eigenvalue weighted by Gasteiger charge is 2.27. The standard InChI is InChI=1S/C14H12F2N2OS/c15-9-6-2-5-8(10(9)16)11-12(13(17)19)20-14(18-11)7-3-1-4-7/h2,5-7H,1,3-4H2,(H2,17,19). The monoisotopic (exact) mass is 294 g/mol. The highest BCUT2D eigenvalue weighted by Crippen LogP contribution is 2.41. The quantitative estimate of drug-likeness (QED) is 0.942. The molecule has 0 saturated heterocycles. The summed E-state index contributed by atoms with van der Waals surface area (Å²) in [6.07, 6.45) is 3.15. The van der Waals surface area contributed by atoms with Gasteiger partial charge in [0.2, 0.25) is 0 Å². The van der Waals surface area contributed by atoms with Gasteiger partial charge >= 0.3 is 0 Å². The number of nitrogens with two attached hydrogens (primary N) is 1. The van der Waals surface area contributed by atoms with E-state index in [-0.39, 0.29) is 16.1 Å². The normalized spacial score (nSPS) is 15.1. The van der Waals surface area contributed by atoms with Gasteiger partial charge in [-0.05, 0) is 25.0 Å². The van der Waals surface area contributed by atoms with E-state index in [0.29, 0.717) is 5.92 Å². The Labute approximate surface area is 118 Å². The van der Waals surface area contributed by atoms with Gasteiger partial charge in [0.25, 0.3) is 5.91 Å². The molecule has 1 amide bonds. The van der Waals surface area contributed by atoms with Crippen LogP contribution in [0.15, 0.2) is 18.2 Å². The predicted molar refractivity (Wildman–Crippen MR) is 72.6 cm³/mol. The smallest absolute Gasteiger partial charge is 0.261 e. The number of thiazole rings is 1. The molecule has 1 fully saturated rings. The average molecular weight is 294 g/mol. The summed E-state index contributed by atoms with van der Waals surface area (Å²) in [5.74, 6) is -2.31. The minimum atomic E-state index is -1.000. The van der Waals surface area contributed by atoms with Crippen molar-refractivity contribution in [2.45, 2.75) is 25.2 Å². The summed E-state index contributed by atoms with van der Waals surface area (Å²) < 4.78 is 27.2. The summed E-state index contributed by atoms with van der Waals surface area (Å²) in [7, 11) is 0. The Balaban J connectivity index is 2.13. The van der Waals surface area contributed by atoms with Crippen LogP contribution in [0.2, 0.25) is 0 Å². The maximum Gasteiger partial charge on any atom is 0.261 e. The minimum absolute atomic E-state index is 0.0133. The van der Waals surface area contributed by atoms with Crippen LogP contribution in [0.1, 0.15) is 39.9 Å². The molecule has 1 aliphatic rings. The van der Waals surface area contributed by atoms with E-state index in [2.05, 4.69) is 4.98 Å². The molecule has 20 heavy (non-hydrogen) atoms. The summed E-state index contributed by atoms with van der Waals surface area (Å²) in [5.41, 5.74) is 5.47. The molecule has 1 saturated carbocycles. The topological polar surface area (TPSA) is 56.0 Å².